The Bertz CT molecular complexity index is 712. The lowest BCUT2D eigenvalue weighted by Gasteiger charge is -2.39. The maximum Gasteiger partial charge on any atom is 0.334 e. The average molecular weight is 344 g/mol. The highest BCUT2D eigenvalue weighted by molar-refractivity contribution is 5.99. The van der Waals surface area contributed by atoms with Crippen LogP contribution in [0.3, 0.4) is 0 Å². The van der Waals surface area contributed by atoms with Crippen LogP contribution in [0.5, 0.6) is 0 Å². The van der Waals surface area contributed by atoms with Gasteiger partial charge < -0.3 is 9.47 Å². The van der Waals surface area contributed by atoms with Gasteiger partial charge in [-0.05, 0) is 45.1 Å². The fourth-order valence-electron chi connectivity index (χ4n) is 4.54. The molecular formula is C20H24O5. The first-order chi connectivity index (χ1) is 11.7. The molecule has 0 spiro atoms. The van der Waals surface area contributed by atoms with Gasteiger partial charge in [-0.25, -0.2) is 9.59 Å². The second-order valence-corrected chi connectivity index (χ2v) is 7.82. The molecule has 0 radical (unpaired) electrons. The third kappa shape index (κ3) is 2.66. The van der Waals surface area contributed by atoms with E-state index in [-0.39, 0.29) is 23.2 Å². The van der Waals surface area contributed by atoms with E-state index in [9.17, 15) is 14.4 Å². The fraction of sp³-hybridized carbons (Fsp3) is 0.550. The molecule has 2 fully saturated rings. The summed E-state index contributed by atoms with van der Waals surface area (Å²) in [6.07, 6.45) is 4.29. The number of hydrogen-bond acceptors (Lipinski definition) is 5. The molecule has 5 nitrogen and oxygen atoms in total. The number of ether oxygens (including phenoxy) is 2. The minimum Gasteiger partial charge on any atom is -0.458 e. The van der Waals surface area contributed by atoms with Gasteiger partial charge in [-0.1, -0.05) is 25.2 Å². The van der Waals surface area contributed by atoms with Crippen molar-refractivity contribution in [3.8, 4) is 0 Å². The molecule has 0 aromatic rings. The molecule has 3 aliphatic rings. The Labute approximate surface area is 147 Å². The molecule has 0 amide bonds. The standard InChI is InChI=1S/C20H24O5/c1-10(2)8-16(22)25-18-17-12(4)19(23)24-14(17)9-11(3)13-6-7-15(21)20(13,18)5/h6-8,11,13-14,17-18H,4,9H2,1-3,5H3/t11-,13+,14-,17-,18+,20+/m1/s1. The van der Waals surface area contributed by atoms with Gasteiger partial charge in [0.15, 0.2) is 5.78 Å². The summed E-state index contributed by atoms with van der Waals surface area (Å²) in [5.74, 6) is -1.50. The van der Waals surface area contributed by atoms with E-state index in [1.807, 2.05) is 19.9 Å². The van der Waals surface area contributed by atoms with Gasteiger partial charge >= 0.3 is 11.9 Å². The average Bonchev–Trinajstić information content (AvgIpc) is 2.92. The van der Waals surface area contributed by atoms with Crippen LogP contribution in [0.25, 0.3) is 0 Å². The van der Waals surface area contributed by atoms with Crippen molar-refractivity contribution in [1.29, 1.82) is 0 Å². The number of allylic oxidation sites excluding steroid dienone is 3. The number of ketones is 1. The molecule has 1 heterocycles. The first-order valence-corrected chi connectivity index (χ1v) is 8.64. The Balaban J connectivity index is 2.08. The van der Waals surface area contributed by atoms with Crippen molar-refractivity contribution in [3.05, 3.63) is 36.0 Å². The summed E-state index contributed by atoms with van der Waals surface area (Å²) in [5, 5.41) is 0. The van der Waals surface area contributed by atoms with E-state index in [2.05, 4.69) is 6.58 Å². The van der Waals surface area contributed by atoms with Crippen molar-refractivity contribution < 1.29 is 23.9 Å². The van der Waals surface area contributed by atoms with E-state index in [4.69, 9.17) is 9.47 Å². The van der Waals surface area contributed by atoms with Gasteiger partial charge in [0.05, 0.1) is 11.3 Å². The molecule has 0 aromatic heterocycles. The van der Waals surface area contributed by atoms with Crippen molar-refractivity contribution >= 4 is 17.7 Å². The molecule has 5 heteroatoms. The van der Waals surface area contributed by atoms with Crippen LogP contribution >= 0.6 is 0 Å². The van der Waals surface area contributed by atoms with Crippen LogP contribution in [-0.4, -0.2) is 29.9 Å². The molecule has 1 saturated heterocycles. The van der Waals surface area contributed by atoms with Crippen molar-refractivity contribution in [3.63, 3.8) is 0 Å². The first kappa shape index (κ1) is 17.6. The summed E-state index contributed by atoms with van der Waals surface area (Å²) >= 11 is 0. The summed E-state index contributed by atoms with van der Waals surface area (Å²) in [7, 11) is 0. The van der Waals surface area contributed by atoms with Gasteiger partial charge in [0.25, 0.3) is 0 Å². The highest BCUT2D eigenvalue weighted by atomic mass is 16.6. The van der Waals surface area contributed by atoms with E-state index in [1.165, 1.54) is 6.08 Å². The summed E-state index contributed by atoms with van der Waals surface area (Å²) in [4.78, 5) is 37.2. The molecule has 0 unspecified atom stereocenters. The number of esters is 2. The molecule has 0 aromatic carbocycles. The normalized spacial score (nSPS) is 39.4. The Morgan fingerprint density at radius 2 is 2.08 bits per heavy atom. The van der Waals surface area contributed by atoms with Gasteiger partial charge in [-0.3, -0.25) is 4.79 Å². The first-order valence-electron chi connectivity index (χ1n) is 8.64. The Morgan fingerprint density at radius 3 is 2.72 bits per heavy atom. The summed E-state index contributed by atoms with van der Waals surface area (Å²) in [6, 6.07) is 0. The number of rotatable bonds is 2. The van der Waals surface area contributed by atoms with Gasteiger partial charge in [0, 0.05) is 11.6 Å². The SMILES string of the molecule is C=C1C(=O)O[C@@H]2C[C@@H](C)[C@@H]3C=CC(=O)[C@@]3(C)[C@@H](OC(=O)C=C(C)C)[C@H]12. The van der Waals surface area contributed by atoms with Crippen LogP contribution in [0.1, 0.15) is 34.1 Å². The third-order valence-corrected chi connectivity index (χ3v) is 5.79. The van der Waals surface area contributed by atoms with Crippen molar-refractivity contribution in [2.45, 2.75) is 46.3 Å². The number of carbonyl (C=O) groups is 3. The zero-order valence-corrected chi connectivity index (χ0v) is 15.1. The summed E-state index contributed by atoms with van der Waals surface area (Å²) < 4.78 is 11.3. The van der Waals surface area contributed by atoms with Gasteiger partial charge in [0.1, 0.15) is 12.2 Å². The van der Waals surface area contributed by atoms with Crippen molar-refractivity contribution in [2.75, 3.05) is 0 Å². The lowest BCUT2D eigenvalue weighted by molar-refractivity contribution is -0.159. The van der Waals surface area contributed by atoms with E-state index in [0.717, 1.165) is 5.57 Å². The minimum atomic E-state index is -0.916. The monoisotopic (exact) mass is 344 g/mol. The van der Waals surface area contributed by atoms with Gasteiger partial charge in [0.2, 0.25) is 0 Å². The molecule has 1 aliphatic heterocycles. The van der Waals surface area contributed by atoms with Crippen LogP contribution in [0.15, 0.2) is 36.0 Å². The number of fused-ring (bicyclic) bond motifs is 2. The maximum absolute atomic E-state index is 12.8. The zero-order valence-electron chi connectivity index (χ0n) is 15.1. The number of carbonyl (C=O) groups excluding carboxylic acids is 3. The summed E-state index contributed by atoms with van der Waals surface area (Å²) in [6.45, 7) is 11.3. The zero-order chi connectivity index (χ0) is 18.5. The van der Waals surface area contributed by atoms with Crippen LogP contribution in [0.2, 0.25) is 0 Å². The van der Waals surface area contributed by atoms with Crippen molar-refractivity contribution in [2.24, 2.45) is 23.2 Å². The molecule has 6 atom stereocenters. The number of hydrogen-bond donors (Lipinski definition) is 0. The Hall–Kier alpha value is -2.17. The maximum atomic E-state index is 12.8. The molecule has 3 rings (SSSR count). The highest BCUT2D eigenvalue weighted by Gasteiger charge is 2.61. The van der Waals surface area contributed by atoms with Crippen LogP contribution in [0, 0.1) is 23.2 Å². The van der Waals surface area contributed by atoms with Gasteiger partial charge in [-0.15, -0.1) is 0 Å². The fourth-order valence-corrected chi connectivity index (χ4v) is 4.54. The van der Waals surface area contributed by atoms with Gasteiger partial charge in [-0.2, -0.15) is 0 Å². The molecular weight excluding hydrogens is 320 g/mol. The lowest BCUT2D eigenvalue weighted by atomic mass is 9.67. The van der Waals surface area contributed by atoms with Crippen LogP contribution in [-0.2, 0) is 23.9 Å². The molecule has 2 aliphatic carbocycles. The van der Waals surface area contributed by atoms with Crippen LogP contribution < -0.4 is 0 Å². The quantitative estimate of drug-likeness (QED) is 0.569. The molecule has 0 bridgehead atoms. The summed E-state index contributed by atoms with van der Waals surface area (Å²) in [5.41, 5.74) is 0.174. The third-order valence-electron chi connectivity index (χ3n) is 5.79. The topological polar surface area (TPSA) is 69.7 Å². The smallest absolute Gasteiger partial charge is 0.334 e. The van der Waals surface area contributed by atoms with E-state index < -0.39 is 35.5 Å². The van der Waals surface area contributed by atoms with E-state index >= 15 is 0 Å². The molecule has 1 saturated carbocycles. The molecule has 25 heavy (non-hydrogen) atoms. The van der Waals surface area contributed by atoms with Crippen molar-refractivity contribution in [1.82, 2.24) is 0 Å². The highest BCUT2D eigenvalue weighted by Crippen LogP contribution is 2.54. The van der Waals surface area contributed by atoms with Crippen LogP contribution in [0.4, 0.5) is 0 Å². The Kier molecular flexibility index (Phi) is 4.21. The lowest BCUT2D eigenvalue weighted by Crippen LogP contribution is -2.49. The largest absolute Gasteiger partial charge is 0.458 e. The predicted molar refractivity (Wildman–Crippen MR) is 91.3 cm³/mol. The Morgan fingerprint density at radius 1 is 1.40 bits per heavy atom. The second kappa shape index (κ2) is 5.97. The second-order valence-electron chi connectivity index (χ2n) is 7.82. The predicted octanol–water partition coefficient (Wildman–Crippen LogP) is 2.76. The van der Waals surface area contributed by atoms with E-state index in [1.54, 1.807) is 19.9 Å². The minimum absolute atomic E-state index is 0.0680. The molecule has 0 N–H and O–H groups in total. The van der Waals surface area contributed by atoms with E-state index in [0.29, 0.717) is 6.42 Å². The molecule has 134 valence electrons.